The van der Waals surface area contributed by atoms with E-state index in [-0.39, 0.29) is 17.3 Å². The highest BCUT2D eigenvalue weighted by molar-refractivity contribution is 5.88. The number of allylic oxidation sites excluding steroid dienone is 1. The number of hydrogen-bond acceptors (Lipinski definition) is 5. The Bertz CT molecular complexity index is 680. The van der Waals surface area contributed by atoms with Gasteiger partial charge in [0.05, 0.1) is 6.10 Å². The molecule has 6 nitrogen and oxygen atoms in total. The van der Waals surface area contributed by atoms with E-state index in [4.69, 9.17) is 4.74 Å². The van der Waals surface area contributed by atoms with E-state index in [2.05, 4.69) is 13.8 Å². The molecule has 1 saturated carbocycles. The molecular weight excluding hydrogens is 336 g/mol. The molecular formula is C20H28O6. The fraction of sp³-hybridized carbons (Fsp3) is 0.700. The Balaban J connectivity index is 1.91. The second-order valence-electron chi connectivity index (χ2n) is 8.50. The molecule has 0 spiro atoms. The van der Waals surface area contributed by atoms with Gasteiger partial charge in [0.15, 0.2) is 0 Å². The maximum absolute atomic E-state index is 11.8. The van der Waals surface area contributed by atoms with Gasteiger partial charge in [0.2, 0.25) is 6.29 Å². The molecule has 1 heterocycles. The van der Waals surface area contributed by atoms with Crippen molar-refractivity contribution in [1.82, 2.24) is 0 Å². The van der Waals surface area contributed by atoms with E-state index in [0.717, 1.165) is 6.42 Å². The number of aliphatic carboxylic acids is 1. The standard InChI is InChI=1S/C20H28O6/c1-11-9-15(21)20(3)13(17(23)24)5-4-6-14(20)19(11,2)8-7-12-10-16(22)26-18(12)25/h5,10-11,14-15,18,21,25H,4,6-9H2,1-3H3,(H,23,24)/t11-,14-,15-,18+,19+,20+/m1/s1. The molecule has 3 rings (SSSR count). The Morgan fingerprint density at radius 3 is 2.62 bits per heavy atom. The van der Waals surface area contributed by atoms with Crippen molar-refractivity contribution in [3.63, 3.8) is 0 Å². The van der Waals surface area contributed by atoms with Crippen LogP contribution in [0.3, 0.4) is 0 Å². The number of ether oxygens (including phenoxy) is 1. The molecule has 26 heavy (non-hydrogen) atoms. The molecule has 0 saturated heterocycles. The summed E-state index contributed by atoms with van der Waals surface area (Å²) in [6.45, 7) is 6.13. The fourth-order valence-electron chi connectivity index (χ4n) is 5.51. The van der Waals surface area contributed by atoms with Gasteiger partial charge >= 0.3 is 11.9 Å². The minimum atomic E-state index is -1.18. The second-order valence-corrected chi connectivity index (χ2v) is 8.50. The van der Waals surface area contributed by atoms with Gasteiger partial charge in [-0.05, 0) is 49.4 Å². The van der Waals surface area contributed by atoms with Crippen molar-refractivity contribution in [1.29, 1.82) is 0 Å². The number of esters is 1. The highest BCUT2D eigenvalue weighted by Gasteiger charge is 2.59. The predicted octanol–water partition coefficient (Wildman–Crippen LogP) is 2.40. The number of aliphatic hydroxyl groups excluding tert-OH is 2. The van der Waals surface area contributed by atoms with Crippen LogP contribution < -0.4 is 0 Å². The summed E-state index contributed by atoms with van der Waals surface area (Å²) in [5.74, 6) is -1.27. The number of carbonyl (C=O) groups is 2. The third-order valence-electron chi connectivity index (χ3n) is 7.33. The zero-order chi connectivity index (χ0) is 19.3. The first-order valence-electron chi connectivity index (χ1n) is 9.31. The molecule has 2 aliphatic carbocycles. The Kier molecular flexibility index (Phi) is 4.78. The number of aliphatic hydroxyl groups is 2. The van der Waals surface area contributed by atoms with Gasteiger partial charge in [-0.2, -0.15) is 0 Å². The molecule has 0 amide bonds. The number of carboxylic acids is 1. The Hall–Kier alpha value is -1.66. The summed E-state index contributed by atoms with van der Waals surface area (Å²) in [5, 5.41) is 30.3. The van der Waals surface area contributed by atoms with E-state index in [0.29, 0.717) is 36.8 Å². The van der Waals surface area contributed by atoms with Gasteiger partial charge in [-0.3, -0.25) is 0 Å². The lowest BCUT2D eigenvalue weighted by atomic mass is 9.45. The molecule has 3 N–H and O–H groups in total. The number of carboxylic acid groups (broad SMARTS) is 1. The number of rotatable bonds is 4. The van der Waals surface area contributed by atoms with E-state index < -0.39 is 29.7 Å². The molecule has 6 heteroatoms. The van der Waals surface area contributed by atoms with Gasteiger partial charge in [0.1, 0.15) is 0 Å². The molecule has 0 bridgehead atoms. The lowest BCUT2D eigenvalue weighted by Gasteiger charge is -2.59. The quantitative estimate of drug-likeness (QED) is 0.662. The molecule has 1 aliphatic heterocycles. The highest BCUT2D eigenvalue weighted by atomic mass is 16.6. The summed E-state index contributed by atoms with van der Waals surface area (Å²) in [5.41, 5.74) is -0.116. The average Bonchev–Trinajstić information content (AvgIpc) is 2.88. The van der Waals surface area contributed by atoms with Crippen molar-refractivity contribution < 1.29 is 29.6 Å². The van der Waals surface area contributed by atoms with Crippen LogP contribution in [0.5, 0.6) is 0 Å². The van der Waals surface area contributed by atoms with Crippen LogP contribution in [0.15, 0.2) is 23.3 Å². The van der Waals surface area contributed by atoms with Crippen LogP contribution in [0.25, 0.3) is 0 Å². The van der Waals surface area contributed by atoms with Crippen molar-refractivity contribution >= 4 is 11.9 Å². The van der Waals surface area contributed by atoms with E-state index in [9.17, 15) is 24.9 Å². The molecule has 0 aromatic heterocycles. The van der Waals surface area contributed by atoms with Crippen molar-refractivity contribution in [2.75, 3.05) is 0 Å². The maximum Gasteiger partial charge on any atom is 0.333 e. The third-order valence-corrected chi connectivity index (χ3v) is 7.33. The van der Waals surface area contributed by atoms with E-state index in [1.807, 2.05) is 6.92 Å². The van der Waals surface area contributed by atoms with Crippen molar-refractivity contribution in [2.45, 2.75) is 65.3 Å². The van der Waals surface area contributed by atoms with Crippen LogP contribution >= 0.6 is 0 Å². The van der Waals surface area contributed by atoms with Crippen LogP contribution in [0.4, 0.5) is 0 Å². The highest BCUT2D eigenvalue weighted by Crippen LogP contribution is 2.62. The Morgan fingerprint density at radius 1 is 1.35 bits per heavy atom. The number of carbonyl (C=O) groups excluding carboxylic acids is 1. The number of cyclic esters (lactones) is 1. The van der Waals surface area contributed by atoms with Gasteiger partial charge in [-0.1, -0.05) is 26.8 Å². The van der Waals surface area contributed by atoms with Crippen LogP contribution in [0.2, 0.25) is 0 Å². The maximum atomic E-state index is 11.8. The molecule has 6 atom stereocenters. The predicted molar refractivity (Wildman–Crippen MR) is 93.9 cm³/mol. The van der Waals surface area contributed by atoms with E-state index >= 15 is 0 Å². The average molecular weight is 364 g/mol. The zero-order valence-electron chi connectivity index (χ0n) is 15.6. The van der Waals surface area contributed by atoms with Crippen molar-refractivity contribution in [3.8, 4) is 0 Å². The monoisotopic (exact) mass is 364 g/mol. The lowest BCUT2D eigenvalue weighted by molar-refractivity contribution is -0.151. The first-order chi connectivity index (χ1) is 12.1. The van der Waals surface area contributed by atoms with Crippen molar-refractivity contribution in [2.24, 2.45) is 22.7 Å². The van der Waals surface area contributed by atoms with Gasteiger partial charge < -0.3 is 20.1 Å². The van der Waals surface area contributed by atoms with Crippen LogP contribution in [0, 0.1) is 22.7 Å². The molecule has 0 radical (unpaired) electrons. The number of hydrogen-bond donors (Lipinski definition) is 3. The first-order valence-corrected chi connectivity index (χ1v) is 9.31. The van der Waals surface area contributed by atoms with Crippen molar-refractivity contribution in [3.05, 3.63) is 23.3 Å². The van der Waals surface area contributed by atoms with Gasteiger partial charge in [-0.25, -0.2) is 9.59 Å². The largest absolute Gasteiger partial charge is 0.478 e. The topological polar surface area (TPSA) is 104 Å². The molecule has 0 aromatic rings. The first kappa shape index (κ1) is 19.1. The van der Waals surface area contributed by atoms with E-state index in [1.165, 1.54) is 6.08 Å². The third kappa shape index (κ3) is 2.79. The molecule has 144 valence electrons. The minimum Gasteiger partial charge on any atom is -0.478 e. The molecule has 1 fully saturated rings. The summed E-state index contributed by atoms with van der Waals surface area (Å²) in [7, 11) is 0. The fourth-order valence-corrected chi connectivity index (χ4v) is 5.51. The summed E-state index contributed by atoms with van der Waals surface area (Å²) in [6.07, 6.45) is 4.49. The van der Waals surface area contributed by atoms with Crippen LogP contribution in [-0.2, 0) is 14.3 Å². The SMILES string of the molecule is C[C@@H]1C[C@@H](O)[C@@]2(C)C(C(=O)O)=CCC[C@@H]2[C@@]1(C)CCC1=CC(=O)O[C@@H]1O. The summed E-state index contributed by atoms with van der Waals surface area (Å²) >= 11 is 0. The lowest BCUT2D eigenvalue weighted by Crippen LogP contribution is -2.57. The number of fused-ring (bicyclic) bond motifs is 1. The second kappa shape index (κ2) is 6.50. The summed E-state index contributed by atoms with van der Waals surface area (Å²) < 4.78 is 4.76. The van der Waals surface area contributed by atoms with Crippen LogP contribution in [-0.4, -0.2) is 39.7 Å². The summed E-state index contributed by atoms with van der Waals surface area (Å²) in [6, 6.07) is 0. The van der Waals surface area contributed by atoms with Gasteiger partial charge in [0.25, 0.3) is 0 Å². The van der Waals surface area contributed by atoms with Crippen LogP contribution in [0.1, 0.15) is 52.9 Å². The normalized spacial score (nSPS) is 42.6. The van der Waals surface area contributed by atoms with E-state index in [1.54, 1.807) is 6.08 Å². The molecule has 0 unspecified atom stereocenters. The Labute approximate surface area is 153 Å². The Morgan fingerprint density at radius 2 is 2.04 bits per heavy atom. The summed E-state index contributed by atoms with van der Waals surface area (Å²) in [4.78, 5) is 23.2. The van der Waals surface area contributed by atoms with Gasteiger partial charge in [0, 0.05) is 22.6 Å². The zero-order valence-corrected chi connectivity index (χ0v) is 15.6. The minimum absolute atomic E-state index is 0.0145. The molecule has 3 aliphatic rings. The molecule has 0 aromatic carbocycles. The smallest absolute Gasteiger partial charge is 0.333 e. The van der Waals surface area contributed by atoms with Gasteiger partial charge in [-0.15, -0.1) is 0 Å².